The van der Waals surface area contributed by atoms with Crippen LogP contribution in [0.4, 0.5) is 5.82 Å². The maximum absolute atomic E-state index is 5.14. The summed E-state index contributed by atoms with van der Waals surface area (Å²) < 4.78 is 0. The van der Waals surface area contributed by atoms with Gasteiger partial charge in [0.1, 0.15) is 11.6 Å². The average Bonchev–Trinajstić information content (AvgIpc) is 2.73. The van der Waals surface area contributed by atoms with Crippen molar-refractivity contribution in [2.45, 2.75) is 52.5 Å². The monoisotopic (exact) mass is 407 g/mol. The van der Waals surface area contributed by atoms with Crippen molar-refractivity contribution in [1.29, 1.82) is 0 Å². The summed E-state index contributed by atoms with van der Waals surface area (Å²) in [5.74, 6) is 2.27. The summed E-state index contributed by atoms with van der Waals surface area (Å²) in [7, 11) is 0. The highest BCUT2D eigenvalue weighted by Gasteiger charge is 2.27. The predicted molar refractivity (Wildman–Crippen MR) is 123 cm³/mol. The smallest absolute Gasteiger partial charge is 0.138 e. The van der Waals surface area contributed by atoms with E-state index < -0.39 is 0 Å². The third kappa shape index (κ3) is 4.02. The maximum atomic E-state index is 5.14. The zero-order valence-electron chi connectivity index (χ0n) is 17.7. The van der Waals surface area contributed by atoms with Gasteiger partial charge in [0.25, 0.3) is 0 Å². The lowest BCUT2D eigenvalue weighted by molar-refractivity contribution is 0.606. The van der Waals surface area contributed by atoms with Crippen LogP contribution in [0.15, 0.2) is 54.6 Å². The van der Waals surface area contributed by atoms with Gasteiger partial charge in [0.15, 0.2) is 0 Å². The van der Waals surface area contributed by atoms with Crippen molar-refractivity contribution in [2.75, 3.05) is 11.4 Å². The fraction of sp³-hybridized carbons (Fsp3) is 0.360. The van der Waals surface area contributed by atoms with Gasteiger partial charge in [-0.2, -0.15) is 0 Å². The quantitative estimate of drug-likeness (QED) is 0.517. The van der Waals surface area contributed by atoms with Gasteiger partial charge in [-0.1, -0.05) is 61.5 Å². The molecule has 4 rings (SSSR count). The highest BCUT2D eigenvalue weighted by Crippen LogP contribution is 2.36. The topological polar surface area (TPSA) is 29.0 Å². The molecule has 0 radical (unpaired) electrons. The second-order valence-electron chi connectivity index (χ2n) is 7.81. The number of aryl methyl sites for hydroxylation is 1. The molecule has 1 aromatic heterocycles. The van der Waals surface area contributed by atoms with E-state index in [1.165, 1.54) is 22.3 Å². The van der Waals surface area contributed by atoms with Gasteiger partial charge in [-0.15, -0.1) is 12.4 Å². The van der Waals surface area contributed by atoms with E-state index in [4.69, 9.17) is 9.97 Å². The number of benzene rings is 2. The van der Waals surface area contributed by atoms with Crippen LogP contribution in [0.3, 0.4) is 0 Å². The molecular formula is C25H30ClN3. The molecule has 3 nitrogen and oxygen atoms in total. The Kier molecular flexibility index (Phi) is 6.59. The highest BCUT2D eigenvalue weighted by molar-refractivity contribution is 5.85. The van der Waals surface area contributed by atoms with E-state index in [1.807, 2.05) is 0 Å². The minimum Gasteiger partial charge on any atom is -0.349 e. The van der Waals surface area contributed by atoms with Crippen molar-refractivity contribution in [3.8, 4) is 0 Å². The summed E-state index contributed by atoms with van der Waals surface area (Å²) in [5, 5.41) is 0. The SMILES string of the molecule is CCC(c1ccccc1)c1nc(C)c(C)c(N2CCc3ccccc3[C@@H]2C)n1.Cl. The van der Waals surface area contributed by atoms with Crippen LogP contribution < -0.4 is 4.90 Å². The molecule has 0 amide bonds. The number of fused-ring (bicyclic) bond motifs is 1. The van der Waals surface area contributed by atoms with Crippen LogP contribution in [-0.4, -0.2) is 16.5 Å². The first-order chi connectivity index (χ1) is 13.6. The fourth-order valence-electron chi connectivity index (χ4n) is 4.38. The number of anilines is 1. The zero-order valence-corrected chi connectivity index (χ0v) is 18.5. The largest absolute Gasteiger partial charge is 0.349 e. The second kappa shape index (κ2) is 8.96. The van der Waals surface area contributed by atoms with Gasteiger partial charge in [0.05, 0.1) is 6.04 Å². The van der Waals surface area contributed by atoms with Gasteiger partial charge >= 0.3 is 0 Å². The van der Waals surface area contributed by atoms with Crippen molar-refractivity contribution in [2.24, 2.45) is 0 Å². The molecule has 1 aliphatic heterocycles. The summed E-state index contributed by atoms with van der Waals surface area (Å²) in [6, 6.07) is 19.8. The minimum atomic E-state index is 0. The Morgan fingerprint density at radius 1 is 1.00 bits per heavy atom. The highest BCUT2D eigenvalue weighted by atomic mass is 35.5. The Hall–Kier alpha value is -2.39. The van der Waals surface area contributed by atoms with Crippen LogP contribution in [0.2, 0.25) is 0 Å². The average molecular weight is 408 g/mol. The normalized spacial score (nSPS) is 16.7. The molecule has 0 fully saturated rings. The molecule has 4 heteroatoms. The number of aromatic nitrogens is 2. The summed E-state index contributed by atoms with van der Waals surface area (Å²) in [6.07, 6.45) is 2.05. The molecule has 2 atom stereocenters. The van der Waals surface area contributed by atoms with E-state index in [1.54, 1.807) is 0 Å². The molecule has 0 bridgehead atoms. The molecule has 0 saturated heterocycles. The summed E-state index contributed by atoms with van der Waals surface area (Å²) >= 11 is 0. The number of hydrogen-bond donors (Lipinski definition) is 0. The first-order valence-corrected chi connectivity index (χ1v) is 10.3. The van der Waals surface area contributed by atoms with E-state index >= 15 is 0 Å². The van der Waals surface area contributed by atoms with Crippen LogP contribution in [0, 0.1) is 13.8 Å². The number of rotatable bonds is 4. The van der Waals surface area contributed by atoms with Crippen LogP contribution in [0.1, 0.15) is 66.0 Å². The van der Waals surface area contributed by atoms with Gasteiger partial charge in [-0.3, -0.25) is 0 Å². The Morgan fingerprint density at radius 3 is 2.41 bits per heavy atom. The molecule has 2 heterocycles. The molecule has 1 unspecified atom stereocenters. The Balaban J connectivity index is 0.00000240. The predicted octanol–water partition coefficient (Wildman–Crippen LogP) is 6.18. The van der Waals surface area contributed by atoms with Crippen LogP contribution >= 0.6 is 12.4 Å². The van der Waals surface area contributed by atoms with Crippen LogP contribution in [-0.2, 0) is 6.42 Å². The number of halogens is 1. The Bertz CT molecular complexity index is 971. The lowest BCUT2D eigenvalue weighted by atomic mass is 9.93. The molecule has 0 spiro atoms. The van der Waals surface area contributed by atoms with Crippen LogP contribution in [0.25, 0.3) is 0 Å². The summed E-state index contributed by atoms with van der Waals surface area (Å²) in [6.45, 7) is 9.78. The molecule has 0 aliphatic carbocycles. The molecule has 2 aromatic carbocycles. The molecule has 0 N–H and O–H groups in total. The van der Waals surface area contributed by atoms with E-state index in [9.17, 15) is 0 Å². The van der Waals surface area contributed by atoms with E-state index in [0.29, 0.717) is 6.04 Å². The summed E-state index contributed by atoms with van der Waals surface area (Å²) in [4.78, 5) is 12.5. The standard InChI is InChI=1S/C25H29N3.ClH/c1-5-22(20-11-7-6-8-12-20)24-26-18(3)17(2)25(27-24)28-16-15-21-13-9-10-14-23(21)19(28)4;/h6-14,19,22H,5,15-16H2,1-4H3;1H/t19-,22?;/m0./s1. The van der Waals surface area contributed by atoms with Crippen molar-refractivity contribution in [3.63, 3.8) is 0 Å². The second-order valence-corrected chi connectivity index (χ2v) is 7.81. The Labute approximate surface area is 180 Å². The maximum Gasteiger partial charge on any atom is 0.138 e. The van der Waals surface area contributed by atoms with E-state index in [2.05, 4.69) is 87.2 Å². The van der Waals surface area contributed by atoms with Crippen molar-refractivity contribution in [1.82, 2.24) is 9.97 Å². The molecule has 0 saturated carbocycles. The van der Waals surface area contributed by atoms with Gasteiger partial charge in [0.2, 0.25) is 0 Å². The van der Waals surface area contributed by atoms with Crippen molar-refractivity contribution < 1.29 is 0 Å². The fourth-order valence-corrected chi connectivity index (χ4v) is 4.38. The summed E-state index contributed by atoms with van der Waals surface area (Å²) in [5.41, 5.74) is 6.45. The lowest BCUT2D eigenvalue weighted by Crippen LogP contribution is -2.35. The third-order valence-corrected chi connectivity index (χ3v) is 6.17. The first-order valence-electron chi connectivity index (χ1n) is 10.3. The van der Waals surface area contributed by atoms with E-state index in [-0.39, 0.29) is 18.3 Å². The van der Waals surface area contributed by atoms with Gasteiger partial charge in [-0.25, -0.2) is 9.97 Å². The van der Waals surface area contributed by atoms with E-state index in [0.717, 1.165) is 36.7 Å². The van der Waals surface area contributed by atoms with Crippen molar-refractivity contribution >= 4 is 18.2 Å². The third-order valence-electron chi connectivity index (χ3n) is 6.17. The molecule has 152 valence electrons. The van der Waals surface area contributed by atoms with Crippen LogP contribution in [0.5, 0.6) is 0 Å². The van der Waals surface area contributed by atoms with Gasteiger partial charge < -0.3 is 4.90 Å². The van der Waals surface area contributed by atoms with Gasteiger partial charge in [0, 0.05) is 23.7 Å². The molecule has 3 aromatic rings. The molecular weight excluding hydrogens is 378 g/mol. The molecule has 1 aliphatic rings. The lowest BCUT2D eigenvalue weighted by Gasteiger charge is -2.37. The first kappa shape index (κ1) is 21.3. The zero-order chi connectivity index (χ0) is 19.7. The van der Waals surface area contributed by atoms with Gasteiger partial charge in [-0.05, 0) is 50.3 Å². The Morgan fingerprint density at radius 2 is 1.69 bits per heavy atom. The number of nitrogens with zero attached hydrogens (tertiary/aromatic N) is 3. The van der Waals surface area contributed by atoms with Crippen molar-refractivity contribution in [3.05, 3.63) is 88.4 Å². The molecule has 29 heavy (non-hydrogen) atoms. The minimum absolute atomic E-state index is 0. The number of hydrogen-bond acceptors (Lipinski definition) is 3.